The first-order valence-corrected chi connectivity index (χ1v) is 15.4. The standard InChI is InChI=1S/C34H28ClN3O5S/c1-3-42-28(39)20-37-19-23(25-12-8-9-13-26(25)37)18-27-32(40)38-31(22-14-16-24(35)17-15-22)29(33(41)43-4-2)30(36-34(38)44-27)21-10-6-5-7-11-21/h5-19,31H,3-4,20H2,1-2H3/b27-18-/t31-/m0/s1. The van der Waals surface area contributed by atoms with Crippen molar-refractivity contribution < 1.29 is 19.1 Å². The molecular formula is C34H28ClN3O5S. The van der Waals surface area contributed by atoms with Crippen molar-refractivity contribution in [1.29, 1.82) is 0 Å². The van der Waals surface area contributed by atoms with Crippen molar-refractivity contribution in [3.63, 3.8) is 0 Å². The fourth-order valence-electron chi connectivity index (χ4n) is 5.41. The highest BCUT2D eigenvalue weighted by atomic mass is 35.5. The molecule has 10 heteroatoms. The summed E-state index contributed by atoms with van der Waals surface area (Å²) in [6.45, 7) is 4.01. The molecule has 44 heavy (non-hydrogen) atoms. The zero-order valence-electron chi connectivity index (χ0n) is 24.0. The van der Waals surface area contributed by atoms with Crippen LogP contribution in [0.15, 0.2) is 100 Å². The number of esters is 2. The van der Waals surface area contributed by atoms with Crippen molar-refractivity contribution in [3.05, 3.63) is 132 Å². The Morgan fingerprint density at radius 1 is 0.955 bits per heavy atom. The number of carbonyl (C=O) groups excluding carboxylic acids is 2. The number of aromatic nitrogens is 2. The van der Waals surface area contributed by atoms with Gasteiger partial charge in [-0.2, -0.15) is 0 Å². The highest BCUT2D eigenvalue weighted by Gasteiger charge is 2.35. The monoisotopic (exact) mass is 625 g/mol. The van der Waals surface area contributed by atoms with Gasteiger partial charge in [-0.3, -0.25) is 14.2 Å². The molecule has 1 atom stereocenters. The smallest absolute Gasteiger partial charge is 0.338 e. The Balaban J connectivity index is 1.59. The number of hydrogen-bond acceptors (Lipinski definition) is 7. The van der Waals surface area contributed by atoms with Crippen LogP contribution in [-0.2, 0) is 25.6 Å². The number of hydrogen-bond donors (Lipinski definition) is 0. The normalized spacial score (nSPS) is 14.8. The SMILES string of the molecule is CCOC(=O)Cn1cc(/C=c2\sc3n(c2=O)[C@@H](c2ccc(Cl)cc2)C(C(=O)OCC)=C(c2ccccc2)N=3)c2ccccc21. The van der Waals surface area contributed by atoms with E-state index < -0.39 is 12.0 Å². The number of halogens is 1. The Bertz CT molecular complexity index is 2090. The number of benzene rings is 3. The third kappa shape index (κ3) is 5.52. The maximum absolute atomic E-state index is 14.2. The van der Waals surface area contributed by atoms with Crippen LogP contribution in [0.3, 0.4) is 0 Å². The highest BCUT2D eigenvalue weighted by molar-refractivity contribution is 7.07. The molecule has 222 valence electrons. The number of para-hydroxylation sites is 1. The van der Waals surface area contributed by atoms with Crippen LogP contribution < -0.4 is 14.9 Å². The second-order valence-electron chi connectivity index (χ2n) is 10.0. The molecule has 0 spiro atoms. The summed E-state index contributed by atoms with van der Waals surface area (Å²) in [6.07, 6.45) is 3.65. The topological polar surface area (TPSA) is 91.9 Å². The van der Waals surface area contributed by atoms with E-state index in [0.29, 0.717) is 32.2 Å². The third-order valence-corrected chi connectivity index (χ3v) is 8.51. The van der Waals surface area contributed by atoms with Crippen LogP contribution in [0.1, 0.15) is 36.6 Å². The van der Waals surface area contributed by atoms with Crippen LogP contribution in [0.4, 0.5) is 0 Å². The predicted molar refractivity (Wildman–Crippen MR) is 171 cm³/mol. The molecule has 1 aliphatic rings. The molecule has 0 amide bonds. The van der Waals surface area contributed by atoms with Crippen LogP contribution in [0, 0.1) is 0 Å². The predicted octanol–water partition coefficient (Wildman–Crippen LogP) is 5.11. The number of thiazole rings is 1. The lowest BCUT2D eigenvalue weighted by atomic mass is 9.93. The summed E-state index contributed by atoms with van der Waals surface area (Å²) in [4.78, 5) is 45.5. The summed E-state index contributed by atoms with van der Waals surface area (Å²) < 4.78 is 14.5. The molecular weight excluding hydrogens is 598 g/mol. The minimum absolute atomic E-state index is 0.0450. The summed E-state index contributed by atoms with van der Waals surface area (Å²) in [5.41, 5.74) is 3.45. The molecule has 6 rings (SSSR count). The van der Waals surface area contributed by atoms with Gasteiger partial charge in [0.15, 0.2) is 4.80 Å². The molecule has 2 aromatic heterocycles. The number of fused-ring (bicyclic) bond motifs is 2. The molecule has 0 bridgehead atoms. The van der Waals surface area contributed by atoms with E-state index in [1.165, 1.54) is 11.3 Å². The molecule has 0 saturated heterocycles. The molecule has 8 nitrogen and oxygen atoms in total. The van der Waals surface area contributed by atoms with Gasteiger partial charge in [0.05, 0.1) is 35.1 Å². The van der Waals surface area contributed by atoms with Crippen molar-refractivity contribution in [2.75, 3.05) is 13.2 Å². The van der Waals surface area contributed by atoms with Gasteiger partial charge < -0.3 is 14.0 Å². The van der Waals surface area contributed by atoms with E-state index in [0.717, 1.165) is 22.0 Å². The van der Waals surface area contributed by atoms with Crippen LogP contribution in [-0.4, -0.2) is 34.3 Å². The van der Waals surface area contributed by atoms with Gasteiger partial charge in [-0.05, 0) is 43.7 Å². The molecule has 0 radical (unpaired) electrons. The van der Waals surface area contributed by atoms with Gasteiger partial charge in [-0.1, -0.05) is 83.6 Å². The van der Waals surface area contributed by atoms with Gasteiger partial charge >= 0.3 is 11.9 Å². The highest BCUT2D eigenvalue weighted by Crippen LogP contribution is 2.35. The molecule has 3 aromatic carbocycles. The lowest BCUT2D eigenvalue weighted by Crippen LogP contribution is -2.40. The summed E-state index contributed by atoms with van der Waals surface area (Å²) in [7, 11) is 0. The minimum atomic E-state index is -0.801. The first-order valence-electron chi connectivity index (χ1n) is 14.2. The molecule has 1 aliphatic heterocycles. The van der Waals surface area contributed by atoms with Gasteiger partial charge in [0.2, 0.25) is 0 Å². The molecule has 0 fully saturated rings. The molecule has 0 aliphatic carbocycles. The van der Waals surface area contributed by atoms with Gasteiger partial charge in [-0.15, -0.1) is 0 Å². The Hall–Kier alpha value is -4.73. The van der Waals surface area contributed by atoms with E-state index in [4.69, 9.17) is 26.1 Å². The summed E-state index contributed by atoms with van der Waals surface area (Å²) in [6, 6.07) is 23.3. The third-order valence-electron chi connectivity index (χ3n) is 7.27. The van der Waals surface area contributed by atoms with E-state index >= 15 is 0 Å². The summed E-state index contributed by atoms with van der Waals surface area (Å²) in [5, 5.41) is 1.42. The maximum atomic E-state index is 14.2. The molecule has 0 saturated carbocycles. The second-order valence-corrected chi connectivity index (χ2v) is 11.5. The second kappa shape index (κ2) is 12.5. The molecule has 0 N–H and O–H groups in total. The van der Waals surface area contributed by atoms with Crippen LogP contribution in [0.5, 0.6) is 0 Å². The number of ether oxygens (including phenoxy) is 2. The van der Waals surface area contributed by atoms with E-state index in [1.54, 1.807) is 42.7 Å². The average Bonchev–Trinajstić information content (AvgIpc) is 3.53. The van der Waals surface area contributed by atoms with E-state index in [-0.39, 0.29) is 30.3 Å². The molecule has 3 heterocycles. The zero-order chi connectivity index (χ0) is 30.8. The summed E-state index contributed by atoms with van der Waals surface area (Å²) >= 11 is 7.46. The van der Waals surface area contributed by atoms with Crippen molar-refractivity contribution >= 4 is 57.6 Å². The van der Waals surface area contributed by atoms with Gasteiger partial charge in [0, 0.05) is 33.2 Å². The van der Waals surface area contributed by atoms with Crippen LogP contribution >= 0.6 is 22.9 Å². The fraction of sp³-hybridized carbons (Fsp3) is 0.176. The number of rotatable bonds is 8. The average molecular weight is 626 g/mol. The number of nitrogens with zero attached hydrogens (tertiary/aromatic N) is 3. The van der Waals surface area contributed by atoms with Crippen molar-refractivity contribution in [1.82, 2.24) is 9.13 Å². The maximum Gasteiger partial charge on any atom is 0.338 e. The van der Waals surface area contributed by atoms with Gasteiger partial charge in [-0.25, -0.2) is 9.79 Å². The van der Waals surface area contributed by atoms with Gasteiger partial charge in [0.25, 0.3) is 5.56 Å². The van der Waals surface area contributed by atoms with Crippen molar-refractivity contribution in [2.24, 2.45) is 4.99 Å². The fourth-order valence-corrected chi connectivity index (χ4v) is 6.53. The Labute approximate surface area is 261 Å². The Morgan fingerprint density at radius 2 is 1.66 bits per heavy atom. The zero-order valence-corrected chi connectivity index (χ0v) is 25.6. The molecule has 0 unspecified atom stereocenters. The first-order chi connectivity index (χ1) is 21.4. The largest absolute Gasteiger partial charge is 0.465 e. The lowest BCUT2D eigenvalue weighted by Gasteiger charge is -2.25. The van der Waals surface area contributed by atoms with E-state index in [2.05, 4.69) is 0 Å². The van der Waals surface area contributed by atoms with Crippen molar-refractivity contribution in [2.45, 2.75) is 26.4 Å². The van der Waals surface area contributed by atoms with E-state index in [1.807, 2.05) is 71.4 Å². The van der Waals surface area contributed by atoms with Crippen LogP contribution in [0.25, 0.3) is 22.7 Å². The van der Waals surface area contributed by atoms with Gasteiger partial charge in [0.1, 0.15) is 6.54 Å². The van der Waals surface area contributed by atoms with E-state index in [9.17, 15) is 14.4 Å². The quantitative estimate of drug-likeness (QED) is 0.224. The lowest BCUT2D eigenvalue weighted by molar-refractivity contribution is -0.143. The molecule has 5 aromatic rings. The summed E-state index contributed by atoms with van der Waals surface area (Å²) in [5.74, 6) is -0.895. The van der Waals surface area contributed by atoms with Crippen LogP contribution in [0.2, 0.25) is 5.02 Å². The first kappa shape index (κ1) is 29.3. The minimum Gasteiger partial charge on any atom is -0.465 e. The van der Waals surface area contributed by atoms with Crippen molar-refractivity contribution in [3.8, 4) is 0 Å². The number of carbonyl (C=O) groups is 2. The Morgan fingerprint density at radius 3 is 2.39 bits per heavy atom. The Kier molecular flexibility index (Phi) is 8.32.